The van der Waals surface area contributed by atoms with Gasteiger partial charge in [-0.15, -0.1) is 0 Å². The largest absolute Gasteiger partial charge is 0.497 e. The molecule has 114 valence electrons. The zero-order valence-electron chi connectivity index (χ0n) is 12.7. The number of hydrogen-bond acceptors (Lipinski definition) is 6. The number of fused-ring (bicyclic) bond motifs is 1. The number of ether oxygens (including phenoxy) is 1. The molecule has 0 bridgehead atoms. The fourth-order valence-corrected chi connectivity index (χ4v) is 2.28. The fraction of sp³-hybridized carbons (Fsp3) is 0.312. The van der Waals surface area contributed by atoms with Gasteiger partial charge in [0.1, 0.15) is 17.6 Å². The maximum Gasteiger partial charge on any atom is 0.157 e. The Labute approximate surface area is 129 Å². The first-order chi connectivity index (χ1) is 10.8. The minimum absolute atomic E-state index is 0.131. The van der Waals surface area contributed by atoms with Crippen LogP contribution in [0.25, 0.3) is 11.3 Å². The first-order valence-electron chi connectivity index (χ1n) is 7.34. The minimum atomic E-state index is -0.131. The molecule has 1 aromatic heterocycles. The van der Waals surface area contributed by atoms with Crippen LogP contribution in [0.3, 0.4) is 0 Å². The van der Waals surface area contributed by atoms with Crippen LogP contribution in [0.4, 0.5) is 5.82 Å². The van der Waals surface area contributed by atoms with Gasteiger partial charge in [0, 0.05) is 5.56 Å². The van der Waals surface area contributed by atoms with Crippen LogP contribution in [0.5, 0.6) is 5.75 Å². The summed E-state index contributed by atoms with van der Waals surface area (Å²) < 4.78 is 5.17. The van der Waals surface area contributed by atoms with Crippen molar-refractivity contribution in [2.75, 3.05) is 19.0 Å². The van der Waals surface area contributed by atoms with Crippen LogP contribution in [0.15, 0.2) is 35.5 Å². The molecule has 2 aromatic rings. The molecule has 6 nitrogen and oxygen atoms in total. The van der Waals surface area contributed by atoms with Gasteiger partial charge in [0.25, 0.3) is 0 Å². The first-order valence-corrected chi connectivity index (χ1v) is 7.34. The van der Waals surface area contributed by atoms with Crippen molar-refractivity contribution >= 4 is 12.2 Å². The third-order valence-corrected chi connectivity index (χ3v) is 3.46. The predicted molar refractivity (Wildman–Crippen MR) is 87.2 cm³/mol. The monoisotopic (exact) mass is 297 g/mol. The molecular weight excluding hydrogens is 278 g/mol. The molecular formula is C16H19N5O. The van der Waals surface area contributed by atoms with E-state index in [1.165, 1.54) is 0 Å². The van der Waals surface area contributed by atoms with E-state index in [-0.39, 0.29) is 6.17 Å². The lowest BCUT2D eigenvalue weighted by molar-refractivity contribution is 0.415. The van der Waals surface area contributed by atoms with Crippen molar-refractivity contribution in [2.45, 2.75) is 19.5 Å². The maximum atomic E-state index is 5.17. The number of benzene rings is 1. The van der Waals surface area contributed by atoms with Crippen LogP contribution < -0.4 is 15.4 Å². The number of nitrogens with zero attached hydrogens (tertiary/aromatic N) is 3. The Balaban J connectivity index is 1.87. The molecule has 0 fully saturated rings. The normalized spacial score (nSPS) is 16.0. The molecule has 0 radical (unpaired) electrons. The highest BCUT2D eigenvalue weighted by Gasteiger charge is 2.20. The molecule has 1 unspecified atom stereocenters. The number of aromatic nitrogens is 2. The van der Waals surface area contributed by atoms with Gasteiger partial charge in [-0.3, -0.25) is 10.3 Å². The number of anilines is 1. The van der Waals surface area contributed by atoms with E-state index < -0.39 is 0 Å². The first kappa shape index (κ1) is 14.5. The summed E-state index contributed by atoms with van der Waals surface area (Å²) in [7, 11) is 1.65. The second-order valence-corrected chi connectivity index (χ2v) is 5.00. The summed E-state index contributed by atoms with van der Waals surface area (Å²) in [5.41, 5.74) is 2.64. The van der Waals surface area contributed by atoms with Gasteiger partial charge in [-0.2, -0.15) is 0 Å². The van der Waals surface area contributed by atoms with Crippen molar-refractivity contribution in [1.82, 2.24) is 15.3 Å². The van der Waals surface area contributed by atoms with Crippen molar-refractivity contribution in [3.05, 3.63) is 36.2 Å². The summed E-state index contributed by atoms with van der Waals surface area (Å²) in [5, 5.41) is 6.42. The third kappa shape index (κ3) is 2.92. The van der Waals surface area contributed by atoms with Crippen molar-refractivity contribution in [3.8, 4) is 17.0 Å². The summed E-state index contributed by atoms with van der Waals surface area (Å²) in [6.07, 6.45) is 4.37. The highest BCUT2D eigenvalue weighted by atomic mass is 16.5. The number of aliphatic imine (C=N–C) groups is 1. The summed E-state index contributed by atoms with van der Waals surface area (Å²) in [6, 6.07) is 7.77. The zero-order chi connectivity index (χ0) is 15.4. The molecule has 22 heavy (non-hydrogen) atoms. The van der Waals surface area contributed by atoms with Crippen molar-refractivity contribution in [1.29, 1.82) is 0 Å². The van der Waals surface area contributed by atoms with Crippen LogP contribution in [0, 0.1) is 0 Å². The number of rotatable bonds is 5. The van der Waals surface area contributed by atoms with E-state index in [0.29, 0.717) is 0 Å². The van der Waals surface area contributed by atoms with E-state index in [9.17, 15) is 0 Å². The van der Waals surface area contributed by atoms with Crippen LogP contribution in [0.2, 0.25) is 0 Å². The molecule has 2 heterocycles. The van der Waals surface area contributed by atoms with E-state index >= 15 is 0 Å². The van der Waals surface area contributed by atoms with Gasteiger partial charge < -0.3 is 10.1 Å². The van der Waals surface area contributed by atoms with Gasteiger partial charge in [0.05, 0.1) is 25.3 Å². The molecule has 6 heteroatoms. The summed E-state index contributed by atoms with van der Waals surface area (Å²) in [6.45, 7) is 3.01. The maximum absolute atomic E-state index is 5.17. The SMILES string of the molecule is CCCNC1N=CNc2nc(-c3ccc(OC)cc3)cnc21. The number of nitrogens with one attached hydrogen (secondary N) is 2. The van der Waals surface area contributed by atoms with E-state index in [1.807, 2.05) is 24.3 Å². The predicted octanol–water partition coefficient (Wildman–Crippen LogP) is 2.60. The smallest absolute Gasteiger partial charge is 0.157 e. The molecule has 1 aromatic carbocycles. The molecule has 1 aliphatic rings. The molecule has 0 saturated heterocycles. The van der Waals surface area contributed by atoms with Gasteiger partial charge in [-0.1, -0.05) is 6.92 Å². The summed E-state index contributed by atoms with van der Waals surface area (Å²) >= 11 is 0. The molecule has 2 N–H and O–H groups in total. The van der Waals surface area contributed by atoms with Crippen LogP contribution in [0.1, 0.15) is 25.2 Å². The molecule has 1 atom stereocenters. The van der Waals surface area contributed by atoms with E-state index in [1.54, 1.807) is 19.6 Å². The molecule has 1 aliphatic heterocycles. The Bertz CT molecular complexity index is 669. The van der Waals surface area contributed by atoms with E-state index in [2.05, 4.69) is 32.5 Å². The molecule has 3 rings (SSSR count). The van der Waals surface area contributed by atoms with Crippen molar-refractivity contribution in [3.63, 3.8) is 0 Å². The standard InChI is InChI=1S/C16H19N5O/c1-3-8-17-15-14-16(20-10-19-15)21-13(9-18-14)11-4-6-12(22-2)7-5-11/h4-7,9-10,15,17H,3,8H2,1-2H3,(H,19,20,21). The van der Waals surface area contributed by atoms with Gasteiger partial charge in [0.2, 0.25) is 0 Å². The summed E-state index contributed by atoms with van der Waals surface area (Å²) in [4.78, 5) is 13.6. The fourth-order valence-electron chi connectivity index (χ4n) is 2.28. The van der Waals surface area contributed by atoms with Crippen LogP contribution >= 0.6 is 0 Å². The average Bonchev–Trinajstić information content (AvgIpc) is 2.59. The summed E-state index contributed by atoms with van der Waals surface area (Å²) in [5.74, 6) is 1.57. The second-order valence-electron chi connectivity index (χ2n) is 5.00. The Kier molecular flexibility index (Phi) is 4.29. The molecule has 0 saturated carbocycles. The Morgan fingerprint density at radius 2 is 2.09 bits per heavy atom. The van der Waals surface area contributed by atoms with Crippen LogP contribution in [-0.2, 0) is 0 Å². The van der Waals surface area contributed by atoms with Gasteiger partial charge in [0.15, 0.2) is 5.82 Å². The highest BCUT2D eigenvalue weighted by molar-refractivity contribution is 5.78. The lowest BCUT2D eigenvalue weighted by Gasteiger charge is -2.20. The lowest BCUT2D eigenvalue weighted by atomic mass is 10.1. The quantitative estimate of drug-likeness (QED) is 0.887. The van der Waals surface area contributed by atoms with Gasteiger partial charge in [-0.25, -0.2) is 9.98 Å². The van der Waals surface area contributed by atoms with Crippen molar-refractivity contribution < 1.29 is 4.74 Å². The average molecular weight is 297 g/mol. The number of hydrogen-bond donors (Lipinski definition) is 2. The zero-order valence-corrected chi connectivity index (χ0v) is 12.7. The van der Waals surface area contributed by atoms with E-state index in [0.717, 1.165) is 41.5 Å². The molecule has 0 amide bonds. The minimum Gasteiger partial charge on any atom is -0.497 e. The number of methoxy groups -OCH3 is 1. The Hall–Kier alpha value is -2.47. The van der Waals surface area contributed by atoms with E-state index in [4.69, 9.17) is 4.74 Å². The molecule has 0 spiro atoms. The lowest BCUT2D eigenvalue weighted by Crippen LogP contribution is -2.26. The Morgan fingerprint density at radius 1 is 1.27 bits per heavy atom. The van der Waals surface area contributed by atoms with Gasteiger partial charge in [-0.05, 0) is 37.2 Å². The van der Waals surface area contributed by atoms with Crippen LogP contribution in [-0.4, -0.2) is 30.0 Å². The Morgan fingerprint density at radius 3 is 2.82 bits per heavy atom. The topological polar surface area (TPSA) is 71.4 Å². The third-order valence-electron chi connectivity index (χ3n) is 3.46. The highest BCUT2D eigenvalue weighted by Crippen LogP contribution is 2.27. The molecule has 0 aliphatic carbocycles. The van der Waals surface area contributed by atoms with Crippen molar-refractivity contribution in [2.24, 2.45) is 4.99 Å². The van der Waals surface area contributed by atoms with Gasteiger partial charge >= 0.3 is 0 Å². The second kappa shape index (κ2) is 6.53.